The van der Waals surface area contributed by atoms with Gasteiger partial charge >= 0.3 is 18.3 Å². The van der Waals surface area contributed by atoms with E-state index in [1.54, 1.807) is 6.92 Å². The number of aryl methyl sites for hydroxylation is 2. The average Bonchev–Trinajstić information content (AvgIpc) is 3.46. The van der Waals surface area contributed by atoms with Crippen LogP contribution in [-0.4, -0.2) is 34.4 Å². The van der Waals surface area contributed by atoms with Crippen LogP contribution in [0.4, 0.5) is 26.3 Å². The monoisotopic (exact) mass is 783 g/mol. The van der Waals surface area contributed by atoms with Crippen LogP contribution < -0.4 is 0 Å². The van der Waals surface area contributed by atoms with Crippen molar-refractivity contribution in [2.45, 2.75) is 94.8 Å². The van der Waals surface area contributed by atoms with E-state index >= 15 is 0 Å². The van der Waals surface area contributed by atoms with Crippen molar-refractivity contribution in [2.24, 2.45) is 0 Å². The number of aliphatic carboxylic acids is 1. The summed E-state index contributed by atoms with van der Waals surface area (Å²) in [4.78, 5) is 17.4. The Bertz CT molecular complexity index is 1810. The molecule has 14 heteroatoms. The number of carbonyl (C=O) groups is 1. The molecule has 4 atom stereocenters. The van der Waals surface area contributed by atoms with Crippen molar-refractivity contribution < 1.29 is 54.9 Å². The predicted octanol–water partition coefficient (Wildman–Crippen LogP) is 10.1. The largest absolute Gasteiger partial charge is 0.479 e. The number of nitrogens with zero attached hydrogens (tertiary/aromatic N) is 1. The quantitative estimate of drug-likeness (QED) is 0.107. The molecular weight excluding hydrogens is 748 g/mol. The van der Waals surface area contributed by atoms with E-state index < -0.39 is 66.0 Å². The lowest BCUT2D eigenvalue weighted by molar-refractivity contribution is -0.186. The SMILES string of the molecule is Cc1cccc(-c2nc(COC3CCCCC3OC(c3cccc(CBr)c3C(F)(F)F)C(OCc3ccccc3C(F)(F)F)C(=O)O)c(C)o2)c1. The number of halogens is 7. The molecule has 0 aliphatic heterocycles. The van der Waals surface area contributed by atoms with E-state index in [4.69, 9.17) is 18.6 Å². The van der Waals surface area contributed by atoms with Crippen molar-refractivity contribution >= 4 is 21.9 Å². The van der Waals surface area contributed by atoms with Gasteiger partial charge in [0.25, 0.3) is 0 Å². The van der Waals surface area contributed by atoms with Crippen molar-refractivity contribution in [3.8, 4) is 11.5 Å². The first-order valence-corrected chi connectivity index (χ1v) is 17.3. The van der Waals surface area contributed by atoms with E-state index in [0.717, 1.165) is 29.3 Å². The second-order valence-electron chi connectivity index (χ2n) is 12.4. The number of hydrogen-bond acceptors (Lipinski definition) is 6. The first kappa shape index (κ1) is 38.5. The molecule has 4 aromatic rings. The number of ether oxygens (including phenoxy) is 3. The van der Waals surface area contributed by atoms with E-state index in [0.29, 0.717) is 43.0 Å². The molecule has 1 aliphatic carbocycles. The van der Waals surface area contributed by atoms with Gasteiger partial charge in [-0.25, -0.2) is 9.78 Å². The number of aromatic nitrogens is 1. The van der Waals surface area contributed by atoms with Gasteiger partial charge < -0.3 is 23.7 Å². The minimum absolute atomic E-state index is 0.0176. The van der Waals surface area contributed by atoms with Crippen molar-refractivity contribution in [2.75, 3.05) is 0 Å². The van der Waals surface area contributed by atoms with E-state index in [1.165, 1.54) is 24.3 Å². The molecule has 1 fully saturated rings. The molecule has 0 saturated heterocycles. The molecule has 274 valence electrons. The number of benzene rings is 3. The number of oxazole rings is 1. The fourth-order valence-electron chi connectivity index (χ4n) is 6.26. The lowest BCUT2D eigenvalue weighted by atomic mass is 9.91. The van der Waals surface area contributed by atoms with Gasteiger partial charge in [0.1, 0.15) is 17.6 Å². The summed E-state index contributed by atoms with van der Waals surface area (Å²) in [7, 11) is 0. The highest BCUT2D eigenvalue weighted by Crippen LogP contribution is 2.42. The lowest BCUT2D eigenvalue weighted by Gasteiger charge is -2.37. The van der Waals surface area contributed by atoms with E-state index in [-0.39, 0.29) is 23.1 Å². The standard InChI is InChI=1S/C37H36BrF6NO6/c1-21-9-7-11-23(17-21)34-45-28(22(2)50-34)20-48-29-15-5-6-16-30(29)51-32(26-13-8-12-24(18-38)31(26)37(42,43)44)33(35(46)47)49-19-25-10-3-4-14-27(25)36(39,40)41/h3-4,7-14,17,29-30,32-33H,5-6,15-16,18-20H2,1-2H3,(H,46,47). The summed E-state index contributed by atoms with van der Waals surface area (Å²) >= 11 is 3.09. The maximum absolute atomic E-state index is 14.7. The number of carboxylic acids is 1. The van der Waals surface area contributed by atoms with Gasteiger partial charge in [0.05, 0.1) is 36.5 Å². The molecule has 4 unspecified atom stereocenters. The molecule has 1 aromatic heterocycles. The Morgan fingerprint density at radius 1 is 0.922 bits per heavy atom. The minimum Gasteiger partial charge on any atom is -0.479 e. The summed E-state index contributed by atoms with van der Waals surface area (Å²) < 4.78 is 109. The van der Waals surface area contributed by atoms with Crippen LogP contribution in [0.1, 0.15) is 76.6 Å². The third-order valence-electron chi connectivity index (χ3n) is 8.73. The summed E-state index contributed by atoms with van der Waals surface area (Å²) in [5.41, 5.74) is -0.959. The van der Waals surface area contributed by atoms with Crippen LogP contribution >= 0.6 is 15.9 Å². The Hall–Kier alpha value is -3.72. The molecule has 0 bridgehead atoms. The van der Waals surface area contributed by atoms with Crippen LogP contribution in [0.3, 0.4) is 0 Å². The fraction of sp³-hybridized carbons (Fsp3) is 0.405. The van der Waals surface area contributed by atoms with Crippen LogP contribution in [0.25, 0.3) is 11.5 Å². The number of alkyl halides is 7. The number of rotatable bonds is 13. The van der Waals surface area contributed by atoms with Crippen molar-refractivity contribution in [3.05, 3.63) is 112 Å². The van der Waals surface area contributed by atoms with Gasteiger partial charge in [-0.2, -0.15) is 26.3 Å². The Morgan fingerprint density at radius 3 is 2.27 bits per heavy atom. The summed E-state index contributed by atoms with van der Waals surface area (Å²) in [6, 6.07) is 15.7. The first-order valence-electron chi connectivity index (χ1n) is 16.2. The number of hydrogen-bond donors (Lipinski definition) is 1. The molecule has 0 radical (unpaired) electrons. The van der Waals surface area contributed by atoms with Crippen LogP contribution in [-0.2, 0) is 49.9 Å². The lowest BCUT2D eigenvalue weighted by Crippen LogP contribution is -2.41. The fourth-order valence-corrected chi connectivity index (χ4v) is 6.73. The Morgan fingerprint density at radius 2 is 1.61 bits per heavy atom. The van der Waals surface area contributed by atoms with Gasteiger partial charge in [-0.05, 0) is 61.6 Å². The number of carboxylic acid groups (broad SMARTS) is 1. The maximum atomic E-state index is 14.7. The van der Waals surface area contributed by atoms with Crippen LogP contribution in [0.15, 0.2) is 71.1 Å². The zero-order valence-corrected chi connectivity index (χ0v) is 29.3. The highest BCUT2D eigenvalue weighted by Gasteiger charge is 2.44. The molecule has 0 amide bonds. The Labute approximate surface area is 299 Å². The summed E-state index contributed by atoms with van der Waals surface area (Å²) in [6.45, 7) is 2.80. The average molecular weight is 785 g/mol. The first-order chi connectivity index (χ1) is 24.2. The van der Waals surface area contributed by atoms with Gasteiger partial charge in [-0.3, -0.25) is 0 Å². The molecule has 1 N–H and O–H groups in total. The Kier molecular flexibility index (Phi) is 12.3. The molecule has 3 aromatic carbocycles. The molecule has 7 nitrogen and oxygen atoms in total. The zero-order valence-electron chi connectivity index (χ0n) is 27.7. The van der Waals surface area contributed by atoms with E-state index in [9.17, 15) is 36.2 Å². The molecule has 1 heterocycles. The van der Waals surface area contributed by atoms with Gasteiger partial charge in [0.15, 0.2) is 6.10 Å². The van der Waals surface area contributed by atoms with Crippen molar-refractivity contribution in [1.29, 1.82) is 0 Å². The van der Waals surface area contributed by atoms with E-state index in [1.807, 2.05) is 31.2 Å². The predicted molar refractivity (Wildman–Crippen MR) is 178 cm³/mol. The molecule has 1 aliphatic rings. The molecule has 1 saturated carbocycles. The third kappa shape index (κ3) is 9.39. The van der Waals surface area contributed by atoms with E-state index in [2.05, 4.69) is 20.9 Å². The second-order valence-corrected chi connectivity index (χ2v) is 12.9. The third-order valence-corrected chi connectivity index (χ3v) is 9.34. The Balaban J connectivity index is 1.47. The highest BCUT2D eigenvalue weighted by molar-refractivity contribution is 9.08. The maximum Gasteiger partial charge on any atom is 0.417 e. The highest BCUT2D eigenvalue weighted by atomic mass is 79.9. The van der Waals surface area contributed by atoms with Gasteiger partial charge in [0, 0.05) is 10.9 Å². The summed E-state index contributed by atoms with van der Waals surface area (Å²) in [6.07, 6.45) is -13.2. The molecule has 51 heavy (non-hydrogen) atoms. The van der Waals surface area contributed by atoms with Crippen LogP contribution in [0, 0.1) is 13.8 Å². The van der Waals surface area contributed by atoms with Crippen molar-refractivity contribution in [1.82, 2.24) is 4.98 Å². The van der Waals surface area contributed by atoms with Gasteiger partial charge in [0.2, 0.25) is 5.89 Å². The van der Waals surface area contributed by atoms with Crippen molar-refractivity contribution in [3.63, 3.8) is 0 Å². The molecule has 0 spiro atoms. The summed E-state index contributed by atoms with van der Waals surface area (Å²) in [5.74, 6) is -0.805. The summed E-state index contributed by atoms with van der Waals surface area (Å²) in [5, 5.41) is 10.1. The second kappa shape index (κ2) is 16.3. The molecule has 5 rings (SSSR count). The van der Waals surface area contributed by atoms with Crippen LogP contribution in [0.5, 0.6) is 0 Å². The smallest absolute Gasteiger partial charge is 0.417 e. The molecular formula is C37H36BrF6NO6. The van der Waals surface area contributed by atoms with Gasteiger partial charge in [-0.1, -0.05) is 82.9 Å². The minimum atomic E-state index is -4.94. The van der Waals surface area contributed by atoms with Crippen LogP contribution in [0.2, 0.25) is 0 Å². The van der Waals surface area contributed by atoms with Gasteiger partial charge in [-0.15, -0.1) is 0 Å². The zero-order chi connectivity index (χ0) is 36.9. The topological polar surface area (TPSA) is 91.0 Å². The normalized spacial score (nSPS) is 18.1.